The predicted octanol–water partition coefficient (Wildman–Crippen LogP) is 2.55. The average molecular weight is 328 g/mol. The van der Waals surface area contributed by atoms with Crippen LogP contribution in [0.2, 0.25) is 0 Å². The Bertz CT molecular complexity index is 850. The first-order valence-corrected chi connectivity index (χ1v) is 8.97. The molecule has 0 bridgehead atoms. The quantitative estimate of drug-likeness (QED) is 0.913. The topological polar surface area (TPSA) is 87.0 Å². The number of nitrogens with one attached hydrogen (secondary N) is 1. The van der Waals surface area contributed by atoms with Gasteiger partial charge in [0.25, 0.3) is 5.91 Å². The van der Waals surface area contributed by atoms with E-state index in [1.165, 1.54) is 0 Å². The molecule has 0 aliphatic carbocycles. The minimum atomic E-state index is -3.15. The van der Waals surface area contributed by atoms with Crippen molar-refractivity contribution in [2.75, 3.05) is 11.6 Å². The maximum Gasteiger partial charge on any atom is 0.255 e. The van der Waals surface area contributed by atoms with Crippen LogP contribution in [-0.4, -0.2) is 20.6 Å². The Labute approximate surface area is 135 Å². The molecule has 5 nitrogen and oxygen atoms in total. The third-order valence-electron chi connectivity index (χ3n) is 3.11. The fourth-order valence-corrected chi connectivity index (χ4v) is 2.89. The van der Waals surface area contributed by atoms with Crippen molar-refractivity contribution in [3.8, 4) is 6.07 Å². The zero-order valence-electron chi connectivity index (χ0n) is 12.6. The molecule has 0 heterocycles. The SMILES string of the molecule is CS(=O)(=O)Cc1cccc(C(=O)Nc2ccc(CC#N)cc2)c1. The number of amides is 1. The van der Waals surface area contributed by atoms with Crippen LogP contribution in [0, 0.1) is 11.3 Å². The molecule has 0 saturated heterocycles. The number of hydrogen-bond acceptors (Lipinski definition) is 4. The van der Waals surface area contributed by atoms with Crippen LogP contribution in [0.3, 0.4) is 0 Å². The summed E-state index contributed by atoms with van der Waals surface area (Å²) in [5.74, 6) is -0.412. The molecule has 2 aromatic carbocycles. The van der Waals surface area contributed by atoms with Crippen LogP contribution in [0.4, 0.5) is 5.69 Å². The number of nitriles is 1. The molecule has 0 aromatic heterocycles. The summed E-state index contributed by atoms with van der Waals surface area (Å²) < 4.78 is 22.7. The van der Waals surface area contributed by atoms with Crippen molar-refractivity contribution in [2.24, 2.45) is 0 Å². The monoisotopic (exact) mass is 328 g/mol. The lowest BCUT2D eigenvalue weighted by molar-refractivity contribution is 0.102. The molecular weight excluding hydrogens is 312 g/mol. The maximum atomic E-state index is 12.2. The molecule has 2 rings (SSSR count). The summed E-state index contributed by atoms with van der Waals surface area (Å²) in [4.78, 5) is 12.2. The Hall–Kier alpha value is -2.65. The van der Waals surface area contributed by atoms with E-state index in [9.17, 15) is 13.2 Å². The molecule has 0 saturated carbocycles. The van der Waals surface area contributed by atoms with Gasteiger partial charge in [0.1, 0.15) is 0 Å². The highest BCUT2D eigenvalue weighted by Gasteiger charge is 2.09. The van der Waals surface area contributed by atoms with E-state index in [4.69, 9.17) is 5.26 Å². The minimum absolute atomic E-state index is 0.100. The summed E-state index contributed by atoms with van der Waals surface area (Å²) >= 11 is 0. The number of rotatable bonds is 5. The van der Waals surface area contributed by atoms with Crippen molar-refractivity contribution >= 4 is 21.4 Å². The first-order chi connectivity index (χ1) is 10.9. The second kappa shape index (κ2) is 7.07. The number of carbonyl (C=O) groups is 1. The summed E-state index contributed by atoms with van der Waals surface area (Å²) in [5.41, 5.74) is 2.46. The Morgan fingerprint density at radius 3 is 2.43 bits per heavy atom. The first kappa shape index (κ1) is 16.7. The summed E-state index contributed by atoms with van der Waals surface area (Å²) in [6.07, 6.45) is 1.48. The number of anilines is 1. The smallest absolute Gasteiger partial charge is 0.255 e. The van der Waals surface area contributed by atoms with Gasteiger partial charge in [-0.05, 0) is 35.4 Å². The molecule has 23 heavy (non-hydrogen) atoms. The largest absolute Gasteiger partial charge is 0.322 e. The van der Waals surface area contributed by atoms with Crippen molar-refractivity contribution < 1.29 is 13.2 Å². The first-order valence-electron chi connectivity index (χ1n) is 6.91. The highest BCUT2D eigenvalue weighted by Crippen LogP contribution is 2.13. The van der Waals surface area contributed by atoms with Gasteiger partial charge in [0, 0.05) is 17.5 Å². The van der Waals surface area contributed by atoms with E-state index in [1.54, 1.807) is 48.5 Å². The van der Waals surface area contributed by atoms with E-state index in [0.717, 1.165) is 11.8 Å². The van der Waals surface area contributed by atoms with Crippen molar-refractivity contribution in [1.29, 1.82) is 5.26 Å². The van der Waals surface area contributed by atoms with Crippen LogP contribution >= 0.6 is 0 Å². The Morgan fingerprint density at radius 2 is 1.83 bits per heavy atom. The number of hydrogen-bond donors (Lipinski definition) is 1. The summed E-state index contributed by atoms with van der Waals surface area (Å²) in [6.45, 7) is 0. The fraction of sp³-hybridized carbons (Fsp3) is 0.176. The third kappa shape index (κ3) is 5.24. The van der Waals surface area contributed by atoms with Crippen LogP contribution in [0.15, 0.2) is 48.5 Å². The van der Waals surface area contributed by atoms with Crippen LogP contribution in [0.25, 0.3) is 0 Å². The molecule has 0 atom stereocenters. The summed E-state index contributed by atoms with van der Waals surface area (Å²) in [7, 11) is -3.15. The Morgan fingerprint density at radius 1 is 1.13 bits per heavy atom. The Balaban J connectivity index is 2.11. The van der Waals surface area contributed by atoms with E-state index < -0.39 is 9.84 Å². The van der Waals surface area contributed by atoms with Crippen LogP contribution in [0.5, 0.6) is 0 Å². The molecule has 0 unspecified atom stereocenters. The minimum Gasteiger partial charge on any atom is -0.322 e. The van der Waals surface area contributed by atoms with E-state index in [-0.39, 0.29) is 11.7 Å². The van der Waals surface area contributed by atoms with E-state index in [2.05, 4.69) is 11.4 Å². The van der Waals surface area contributed by atoms with Crippen molar-refractivity contribution in [3.05, 3.63) is 65.2 Å². The second-order valence-electron chi connectivity index (χ2n) is 5.26. The zero-order chi connectivity index (χ0) is 16.9. The predicted molar refractivity (Wildman–Crippen MR) is 88.7 cm³/mol. The molecule has 0 aliphatic heterocycles. The normalized spacial score (nSPS) is 10.8. The van der Waals surface area contributed by atoms with Gasteiger partial charge in [0.15, 0.2) is 9.84 Å². The molecular formula is C17H16N2O3S. The lowest BCUT2D eigenvalue weighted by Gasteiger charge is -2.07. The van der Waals surface area contributed by atoms with Gasteiger partial charge in [-0.1, -0.05) is 24.3 Å². The van der Waals surface area contributed by atoms with E-state index in [1.807, 2.05) is 0 Å². The van der Waals surface area contributed by atoms with Crippen LogP contribution in [-0.2, 0) is 22.0 Å². The summed E-state index contributed by atoms with van der Waals surface area (Å²) in [5, 5.41) is 11.4. The maximum absolute atomic E-state index is 12.2. The molecule has 0 radical (unpaired) electrons. The van der Waals surface area contributed by atoms with E-state index >= 15 is 0 Å². The van der Waals surface area contributed by atoms with Crippen molar-refractivity contribution in [3.63, 3.8) is 0 Å². The molecule has 118 valence electrons. The molecule has 0 spiro atoms. The molecule has 2 aromatic rings. The van der Waals surface area contributed by atoms with Crippen LogP contribution < -0.4 is 5.32 Å². The molecule has 6 heteroatoms. The number of carbonyl (C=O) groups excluding carboxylic acids is 1. The molecule has 1 amide bonds. The van der Waals surface area contributed by atoms with Gasteiger partial charge < -0.3 is 5.32 Å². The van der Waals surface area contributed by atoms with E-state index in [0.29, 0.717) is 23.2 Å². The van der Waals surface area contributed by atoms with Crippen LogP contribution in [0.1, 0.15) is 21.5 Å². The van der Waals surface area contributed by atoms with Gasteiger partial charge in [0.2, 0.25) is 0 Å². The lowest BCUT2D eigenvalue weighted by Crippen LogP contribution is -2.12. The fourth-order valence-electron chi connectivity index (χ4n) is 2.11. The molecule has 0 fully saturated rings. The van der Waals surface area contributed by atoms with Gasteiger partial charge in [-0.2, -0.15) is 5.26 Å². The van der Waals surface area contributed by atoms with Gasteiger partial charge >= 0.3 is 0 Å². The van der Waals surface area contributed by atoms with Gasteiger partial charge in [-0.15, -0.1) is 0 Å². The second-order valence-corrected chi connectivity index (χ2v) is 7.40. The molecule has 1 N–H and O–H groups in total. The van der Waals surface area contributed by atoms with Crippen molar-refractivity contribution in [2.45, 2.75) is 12.2 Å². The van der Waals surface area contributed by atoms with Gasteiger partial charge in [-0.25, -0.2) is 8.42 Å². The third-order valence-corrected chi connectivity index (χ3v) is 3.97. The zero-order valence-corrected chi connectivity index (χ0v) is 13.4. The number of nitrogens with zero attached hydrogens (tertiary/aromatic N) is 1. The van der Waals surface area contributed by atoms with Gasteiger partial charge in [0.05, 0.1) is 18.2 Å². The number of sulfone groups is 1. The lowest BCUT2D eigenvalue weighted by atomic mass is 10.1. The van der Waals surface area contributed by atoms with Gasteiger partial charge in [-0.3, -0.25) is 4.79 Å². The Kier molecular flexibility index (Phi) is 5.14. The number of benzene rings is 2. The summed E-state index contributed by atoms with van der Waals surface area (Å²) in [6, 6.07) is 15.6. The standard InChI is InChI=1S/C17H16N2O3S/c1-23(21,22)12-14-3-2-4-15(11-14)17(20)19-16-7-5-13(6-8-16)9-10-18/h2-8,11H,9,12H2,1H3,(H,19,20). The van der Waals surface area contributed by atoms with Crippen molar-refractivity contribution in [1.82, 2.24) is 0 Å². The molecule has 0 aliphatic rings. The highest BCUT2D eigenvalue weighted by molar-refractivity contribution is 7.89. The average Bonchev–Trinajstić information content (AvgIpc) is 2.48. The highest BCUT2D eigenvalue weighted by atomic mass is 32.2.